The Kier molecular flexibility index (Phi) is 8.51. The molecule has 29 heavy (non-hydrogen) atoms. The summed E-state index contributed by atoms with van der Waals surface area (Å²) in [6.45, 7) is 0.869. The molecule has 0 spiro atoms. The first-order valence-corrected chi connectivity index (χ1v) is 12.0. The minimum atomic E-state index is -5.59. The van der Waals surface area contributed by atoms with Crippen molar-refractivity contribution in [3.8, 4) is 0 Å². The third kappa shape index (κ3) is 8.00. The summed E-state index contributed by atoms with van der Waals surface area (Å²) in [5.41, 5.74) is -1.00. The molecule has 1 aromatic rings. The van der Waals surface area contributed by atoms with Gasteiger partial charge in [0.2, 0.25) is 0 Å². The Morgan fingerprint density at radius 3 is 2.34 bits per heavy atom. The summed E-state index contributed by atoms with van der Waals surface area (Å²) in [5, 5.41) is 0. The fraction of sp³-hybridized carbons (Fsp3) is 0.636. The number of nitrogens with one attached hydrogen (secondary N) is 1. The van der Waals surface area contributed by atoms with Crippen LogP contribution in [0.5, 0.6) is 0 Å². The van der Waals surface area contributed by atoms with Crippen molar-refractivity contribution in [3.63, 3.8) is 0 Å². The highest BCUT2D eigenvalue weighted by Gasteiger charge is 2.41. The predicted molar refractivity (Wildman–Crippen MR) is 95.8 cm³/mol. The standard InChI is InChI=1S/C10H17N2O13P3.CH4/c1-6-4-12(10(14)11-9(6)13)8-3-2-7(23-8)5-22-27(18,19)25-28(20,21)24-26(15,16)17;/h4,7-8H,2-3,5H2,1H3,(H,18,19)(H,20,21)(H,11,13,14)(H2,15,16,17);1H4/t7-,8+;/m0./s1. The first-order chi connectivity index (χ1) is 12.7. The van der Waals surface area contributed by atoms with Crippen molar-refractivity contribution in [2.24, 2.45) is 0 Å². The lowest BCUT2D eigenvalue weighted by Crippen LogP contribution is -2.33. The molecule has 1 fully saturated rings. The van der Waals surface area contributed by atoms with Gasteiger partial charge in [0, 0.05) is 11.8 Å². The van der Waals surface area contributed by atoms with E-state index in [0.717, 1.165) is 4.57 Å². The SMILES string of the molecule is C.Cc1cn([C@H]2CC[C@@H](COP(=O)(O)OP(=O)(O)OP(=O)(O)O)O2)c(=O)[nH]c1=O. The number of aryl methyl sites for hydroxylation is 1. The summed E-state index contributed by atoms with van der Waals surface area (Å²) in [5.74, 6) is 0. The molecule has 18 heteroatoms. The van der Waals surface area contributed by atoms with Crippen molar-refractivity contribution in [1.29, 1.82) is 0 Å². The van der Waals surface area contributed by atoms with Crippen LogP contribution >= 0.6 is 23.5 Å². The Morgan fingerprint density at radius 1 is 1.14 bits per heavy atom. The van der Waals surface area contributed by atoms with Gasteiger partial charge in [0.25, 0.3) is 5.56 Å². The van der Waals surface area contributed by atoms with E-state index >= 15 is 0 Å². The molecule has 2 rings (SSSR count). The number of aromatic nitrogens is 2. The molecule has 1 aromatic heterocycles. The predicted octanol–water partition coefficient (Wildman–Crippen LogP) is 0.502. The normalized spacial score (nSPS) is 23.8. The second kappa shape index (κ2) is 9.46. The fourth-order valence-corrected chi connectivity index (χ4v) is 5.34. The van der Waals surface area contributed by atoms with Crippen LogP contribution in [0, 0.1) is 6.92 Å². The number of hydrogen-bond acceptors (Lipinski definition) is 9. The average Bonchev–Trinajstić information content (AvgIpc) is 2.94. The highest BCUT2D eigenvalue weighted by molar-refractivity contribution is 7.66. The number of phosphoric ester groups is 1. The third-order valence-electron chi connectivity index (χ3n) is 3.38. The molecule has 2 unspecified atom stereocenters. The number of phosphoric acid groups is 3. The number of H-pyrrole nitrogens is 1. The molecule has 168 valence electrons. The van der Waals surface area contributed by atoms with E-state index < -0.39 is 53.7 Å². The molecule has 1 aliphatic heterocycles. The van der Waals surface area contributed by atoms with Crippen molar-refractivity contribution in [2.45, 2.75) is 39.5 Å². The Hall–Kier alpha value is -0.950. The monoisotopic (exact) mass is 482 g/mol. The van der Waals surface area contributed by atoms with Crippen LogP contribution in [-0.4, -0.2) is 41.8 Å². The van der Waals surface area contributed by atoms with E-state index in [1.54, 1.807) is 0 Å². The lowest BCUT2D eigenvalue weighted by Gasteiger charge is -2.19. The highest BCUT2D eigenvalue weighted by Crippen LogP contribution is 2.66. The van der Waals surface area contributed by atoms with Gasteiger partial charge in [-0.1, -0.05) is 7.43 Å². The van der Waals surface area contributed by atoms with Gasteiger partial charge >= 0.3 is 29.2 Å². The second-order valence-electron chi connectivity index (χ2n) is 5.66. The Labute approximate surface area is 163 Å². The summed E-state index contributed by atoms with van der Waals surface area (Å²) in [6, 6.07) is 0. The average molecular weight is 482 g/mol. The van der Waals surface area contributed by atoms with Crippen LogP contribution in [0.2, 0.25) is 0 Å². The summed E-state index contributed by atoms with van der Waals surface area (Å²) >= 11 is 0. The molecule has 1 aliphatic rings. The molecule has 1 saturated heterocycles. The van der Waals surface area contributed by atoms with Crippen LogP contribution < -0.4 is 11.2 Å². The summed E-state index contributed by atoms with van der Waals surface area (Å²) in [7, 11) is -16.3. The summed E-state index contributed by atoms with van der Waals surface area (Å²) in [6.07, 6.45) is 0.212. The maximum atomic E-state index is 11.8. The quantitative estimate of drug-likeness (QED) is 0.319. The van der Waals surface area contributed by atoms with Gasteiger partial charge < -0.3 is 24.3 Å². The molecule has 0 radical (unpaired) electrons. The minimum Gasteiger partial charge on any atom is -0.352 e. The molecule has 0 amide bonds. The van der Waals surface area contributed by atoms with E-state index in [9.17, 15) is 28.2 Å². The second-order valence-corrected chi connectivity index (χ2v) is 10.1. The van der Waals surface area contributed by atoms with Crippen LogP contribution in [0.1, 0.15) is 32.1 Å². The molecule has 0 aliphatic carbocycles. The first-order valence-electron chi connectivity index (χ1n) is 7.43. The lowest BCUT2D eigenvalue weighted by molar-refractivity contribution is -0.0244. The first kappa shape index (κ1) is 26.1. The van der Waals surface area contributed by atoms with Gasteiger partial charge in [-0.05, 0) is 19.8 Å². The molecule has 15 nitrogen and oxygen atoms in total. The molecular weight excluding hydrogens is 461 g/mol. The van der Waals surface area contributed by atoms with E-state index in [2.05, 4.69) is 18.1 Å². The molecule has 0 saturated carbocycles. The van der Waals surface area contributed by atoms with Gasteiger partial charge in [-0.15, -0.1) is 0 Å². The zero-order chi connectivity index (χ0) is 21.3. The maximum Gasteiger partial charge on any atom is 0.490 e. The minimum absolute atomic E-state index is 0. The number of ether oxygens (including phenoxy) is 1. The van der Waals surface area contributed by atoms with Gasteiger partial charge in [-0.3, -0.25) is 18.9 Å². The van der Waals surface area contributed by atoms with Gasteiger partial charge in [0.15, 0.2) is 0 Å². The van der Waals surface area contributed by atoms with Gasteiger partial charge in [-0.2, -0.15) is 8.62 Å². The third-order valence-corrected chi connectivity index (χ3v) is 7.18. The number of hydrogen-bond donors (Lipinski definition) is 5. The van der Waals surface area contributed by atoms with E-state index in [1.807, 2.05) is 0 Å². The Bertz CT molecular complexity index is 981. The zero-order valence-corrected chi connectivity index (χ0v) is 16.8. The Morgan fingerprint density at radius 2 is 1.76 bits per heavy atom. The summed E-state index contributed by atoms with van der Waals surface area (Å²) in [4.78, 5) is 60.6. The zero-order valence-electron chi connectivity index (χ0n) is 14.1. The smallest absolute Gasteiger partial charge is 0.352 e. The molecular formula is C11H21N2O13P3. The summed E-state index contributed by atoms with van der Waals surface area (Å²) < 4.78 is 51.7. The maximum absolute atomic E-state index is 11.8. The van der Waals surface area contributed by atoms with Crippen molar-refractivity contribution in [3.05, 3.63) is 32.6 Å². The van der Waals surface area contributed by atoms with Crippen molar-refractivity contribution < 1.29 is 51.2 Å². The van der Waals surface area contributed by atoms with Crippen LogP contribution in [0.3, 0.4) is 0 Å². The van der Waals surface area contributed by atoms with Crippen molar-refractivity contribution in [2.75, 3.05) is 6.61 Å². The molecule has 0 aromatic carbocycles. The fourth-order valence-electron chi connectivity index (χ4n) is 2.29. The van der Waals surface area contributed by atoms with E-state index in [-0.39, 0.29) is 25.8 Å². The van der Waals surface area contributed by atoms with E-state index in [1.165, 1.54) is 13.1 Å². The van der Waals surface area contributed by atoms with Gasteiger partial charge in [0.1, 0.15) is 6.23 Å². The lowest BCUT2D eigenvalue weighted by atomic mass is 10.2. The van der Waals surface area contributed by atoms with Crippen molar-refractivity contribution in [1.82, 2.24) is 9.55 Å². The number of nitrogens with zero attached hydrogens (tertiary/aromatic N) is 1. The molecule has 2 heterocycles. The van der Waals surface area contributed by atoms with Crippen molar-refractivity contribution >= 4 is 23.5 Å². The molecule has 4 atom stereocenters. The number of aromatic amines is 1. The number of rotatable bonds is 8. The highest BCUT2D eigenvalue weighted by atomic mass is 31.3. The van der Waals surface area contributed by atoms with Gasteiger partial charge in [0.05, 0.1) is 12.7 Å². The van der Waals surface area contributed by atoms with Crippen LogP contribution in [0.15, 0.2) is 15.8 Å². The van der Waals surface area contributed by atoms with Crippen LogP contribution in [-0.2, 0) is 31.6 Å². The molecule has 5 N–H and O–H groups in total. The largest absolute Gasteiger partial charge is 0.490 e. The molecule has 0 bridgehead atoms. The Balaban J connectivity index is 0.00000420. The van der Waals surface area contributed by atoms with E-state index in [4.69, 9.17) is 19.4 Å². The van der Waals surface area contributed by atoms with Crippen LogP contribution in [0.4, 0.5) is 0 Å². The van der Waals surface area contributed by atoms with Gasteiger partial charge in [-0.25, -0.2) is 18.5 Å². The topological polar surface area (TPSA) is 224 Å². The van der Waals surface area contributed by atoms with Crippen LogP contribution in [0.25, 0.3) is 0 Å². The van der Waals surface area contributed by atoms with E-state index in [0.29, 0.717) is 0 Å².